The number of carbonyl (C=O) groups is 1. The molecular formula is C16H12FNO2. The van der Waals surface area contributed by atoms with Gasteiger partial charge in [0.25, 0.3) is 0 Å². The Bertz CT molecular complexity index is 717. The molecule has 0 fully saturated rings. The summed E-state index contributed by atoms with van der Waals surface area (Å²) in [7, 11) is 0. The second-order valence-corrected chi connectivity index (χ2v) is 4.30. The van der Waals surface area contributed by atoms with Crippen molar-refractivity contribution in [1.29, 1.82) is 5.26 Å². The summed E-state index contributed by atoms with van der Waals surface area (Å²) in [5.74, 6) is -1.61. The largest absolute Gasteiger partial charge is 0.478 e. The zero-order valence-electron chi connectivity index (χ0n) is 10.9. The van der Waals surface area contributed by atoms with Crippen molar-refractivity contribution in [3.05, 3.63) is 58.9 Å². The maximum atomic E-state index is 13.7. The van der Waals surface area contributed by atoms with Gasteiger partial charge in [-0.1, -0.05) is 25.1 Å². The van der Waals surface area contributed by atoms with Crippen LogP contribution in [0.3, 0.4) is 0 Å². The number of nitrogens with zero attached hydrogens (tertiary/aromatic N) is 1. The third-order valence-electron chi connectivity index (χ3n) is 3.16. The molecule has 0 aromatic heterocycles. The molecule has 0 amide bonds. The number of aromatic carboxylic acids is 1. The van der Waals surface area contributed by atoms with Gasteiger partial charge in [-0.15, -0.1) is 0 Å². The van der Waals surface area contributed by atoms with Gasteiger partial charge in [0.05, 0.1) is 11.1 Å². The molecule has 2 aromatic carbocycles. The number of halogens is 1. The molecule has 0 unspecified atom stereocenters. The lowest BCUT2D eigenvalue weighted by Gasteiger charge is -2.11. The second-order valence-electron chi connectivity index (χ2n) is 4.30. The highest BCUT2D eigenvalue weighted by Gasteiger charge is 2.14. The standard InChI is InChI=1S/C16H12FNO2/c1-2-12-13(4-3-5-14(12)16(19)20)10-6-7-11(9-18)15(17)8-10/h3-8H,2H2,1H3,(H,19,20). The van der Waals surface area contributed by atoms with E-state index in [2.05, 4.69) is 0 Å². The average molecular weight is 269 g/mol. The van der Waals surface area contributed by atoms with Gasteiger partial charge >= 0.3 is 5.97 Å². The van der Waals surface area contributed by atoms with Crippen LogP contribution in [0.15, 0.2) is 36.4 Å². The predicted molar refractivity (Wildman–Crippen MR) is 72.9 cm³/mol. The number of carboxylic acid groups (broad SMARTS) is 1. The quantitative estimate of drug-likeness (QED) is 0.925. The van der Waals surface area contributed by atoms with Crippen molar-refractivity contribution in [1.82, 2.24) is 0 Å². The van der Waals surface area contributed by atoms with Crippen molar-refractivity contribution in [3.63, 3.8) is 0 Å². The van der Waals surface area contributed by atoms with Crippen LogP contribution in [0.4, 0.5) is 4.39 Å². The maximum Gasteiger partial charge on any atom is 0.335 e. The number of hydrogen-bond donors (Lipinski definition) is 1. The normalized spacial score (nSPS) is 10.1. The van der Waals surface area contributed by atoms with Gasteiger partial charge in [0.2, 0.25) is 0 Å². The van der Waals surface area contributed by atoms with Crippen LogP contribution in [0, 0.1) is 17.1 Å². The molecule has 0 heterocycles. The zero-order valence-corrected chi connectivity index (χ0v) is 10.9. The number of nitriles is 1. The molecule has 0 radical (unpaired) electrons. The first-order valence-electron chi connectivity index (χ1n) is 6.13. The number of carboxylic acids is 1. The minimum Gasteiger partial charge on any atom is -0.478 e. The monoisotopic (exact) mass is 269 g/mol. The maximum absolute atomic E-state index is 13.7. The minimum atomic E-state index is -1.00. The SMILES string of the molecule is CCc1c(C(=O)O)cccc1-c1ccc(C#N)c(F)c1. The fraction of sp³-hybridized carbons (Fsp3) is 0.125. The van der Waals surface area contributed by atoms with Gasteiger partial charge in [0.15, 0.2) is 0 Å². The van der Waals surface area contributed by atoms with E-state index in [1.54, 1.807) is 24.3 Å². The first-order valence-corrected chi connectivity index (χ1v) is 6.13. The van der Waals surface area contributed by atoms with Gasteiger partial charge in [0, 0.05) is 0 Å². The van der Waals surface area contributed by atoms with Crippen LogP contribution in [0.25, 0.3) is 11.1 Å². The van der Waals surface area contributed by atoms with Gasteiger partial charge < -0.3 is 5.11 Å². The molecule has 2 rings (SSSR count). The lowest BCUT2D eigenvalue weighted by atomic mass is 9.93. The topological polar surface area (TPSA) is 61.1 Å². The first kappa shape index (κ1) is 13.8. The molecule has 0 aliphatic heterocycles. The molecule has 0 saturated carbocycles. The Balaban J connectivity index is 2.64. The molecule has 0 atom stereocenters. The minimum absolute atomic E-state index is 0.0267. The summed E-state index contributed by atoms with van der Waals surface area (Å²) < 4.78 is 13.7. The van der Waals surface area contributed by atoms with E-state index in [0.717, 1.165) is 0 Å². The van der Waals surface area contributed by atoms with Crippen molar-refractivity contribution in [3.8, 4) is 17.2 Å². The van der Waals surface area contributed by atoms with Crippen molar-refractivity contribution in [2.45, 2.75) is 13.3 Å². The average Bonchev–Trinajstić information content (AvgIpc) is 2.46. The van der Waals surface area contributed by atoms with E-state index in [-0.39, 0.29) is 11.1 Å². The smallest absolute Gasteiger partial charge is 0.335 e. The molecule has 3 nitrogen and oxygen atoms in total. The third-order valence-corrected chi connectivity index (χ3v) is 3.16. The molecule has 0 bridgehead atoms. The molecule has 0 aliphatic carbocycles. The summed E-state index contributed by atoms with van der Waals surface area (Å²) >= 11 is 0. The van der Waals surface area contributed by atoms with Crippen LogP contribution in [-0.4, -0.2) is 11.1 Å². The highest BCUT2D eigenvalue weighted by molar-refractivity contribution is 5.92. The molecule has 0 spiro atoms. The van der Waals surface area contributed by atoms with Crippen molar-refractivity contribution >= 4 is 5.97 Å². The van der Waals surface area contributed by atoms with E-state index in [9.17, 15) is 14.3 Å². The van der Waals surface area contributed by atoms with Crippen LogP contribution in [0.1, 0.15) is 28.4 Å². The molecule has 100 valence electrons. The summed E-state index contributed by atoms with van der Waals surface area (Å²) in [6.45, 7) is 1.85. The number of benzene rings is 2. The summed E-state index contributed by atoms with van der Waals surface area (Å²) in [5.41, 5.74) is 2.09. The van der Waals surface area contributed by atoms with Gasteiger partial charge in [-0.3, -0.25) is 0 Å². The van der Waals surface area contributed by atoms with E-state index in [1.807, 2.05) is 6.92 Å². The molecule has 20 heavy (non-hydrogen) atoms. The van der Waals surface area contributed by atoms with Gasteiger partial charge in [-0.05, 0) is 41.3 Å². The fourth-order valence-corrected chi connectivity index (χ4v) is 2.21. The lowest BCUT2D eigenvalue weighted by Crippen LogP contribution is -2.03. The Labute approximate surface area is 115 Å². The summed E-state index contributed by atoms with van der Waals surface area (Å²) in [6, 6.07) is 11.0. The molecular weight excluding hydrogens is 257 g/mol. The molecule has 0 saturated heterocycles. The number of hydrogen-bond acceptors (Lipinski definition) is 2. The van der Waals surface area contributed by atoms with Crippen LogP contribution in [0.5, 0.6) is 0 Å². The van der Waals surface area contributed by atoms with E-state index < -0.39 is 11.8 Å². The highest BCUT2D eigenvalue weighted by atomic mass is 19.1. The van der Waals surface area contributed by atoms with Crippen LogP contribution < -0.4 is 0 Å². The predicted octanol–water partition coefficient (Wildman–Crippen LogP) is 3.62. The van der Waals surface area contributed by atoms with Crippen molar-refractivity contribution in [2.24, 2.45) is 0 Å². The Kier molecular flexibility index (Phi) is 3.81. The Hall–Kier alpha value is -2.67. The van der Waals surface area contributed by atoms with Gasteiger partial charge in [-0.2, -0.15) is 5.26 Å². The molecule has 0 aliphatic rings. The Morgan fingerprint density at radius 1 is 1.35 bits per heavy atom. The van der Waals surface area contributed by atoms with Crippen molar-refractivity contribution < 1.29 is 14.3 Å². The van der Waals surface area contributed by atoms with E-state index in [1.165, 1.54) is 18.2 Å². The lowest BCUT2D eigenvalue weighted by molar-refractivity contribution is 0.0696. The Morgan fingerprint density at radius 3 is 2.65 bits per heavy atom. The fourth-order valence-electron chi connectivity index (χ4n) is 2.21. The van der Waals surface area contributed by atoms with Gasteiger partial charge in [0.1, 0.15) is 11.9 Å². The zero-order chi connectivity index (χ0) is 14.7. The summed E-state index contributed by atoms with van der Waals surface area (Å²) in [5, 5.41) is 17.9. The highest BCUT2D eigenvalue weighted by Crippen LogP contribution is 2.28. The second kappa shape index (κ2) is 5.54. The molecule has 1 N–H and O–H groups in total. The van der Waals surface area contributed by atoms with Crippen LogP contribution in [0.2, 0.25) is 0 Å². The Morgan fingerprint density at radius 2 is 2.10 bits per heavy atom. The molecule has 2 aromatic rings. The first-order chi connectivity index (χ1) is 9.58. The van der Waals surface area contributed by atoms with E-state index >= 15 is 0 Å². The van der Waals surface area contributed by atoms with Crippen LogP contribution >= 0.6 is 0 Å². The van der Waals surface area contributed by atoms with Crippen molar-refractivity contribution in [2.75, 3.05) is 0 Å². The summed E-state index contributed by atoms with van der Waals surface area (Å²) in [4.78, 5) is 11.2. The van der Waals surface area contributed by atoms with E-state index in [0.29, 0.717) is 23.1 Å². The molecule has 4 heteroatoms. The van der Waals surface area contributed by atoms with E-state index in [4.69, 9.17) is 5.26 Å². The third kappa shape index (κ3) is 2.39. The summed E-state index contributed by atoms with van der Waals surface area (Å²) in [6.07, 6.45) is 0.527. The van der Waals surface area contributed by atoms with Crippen LogP contribution in [-0.2, 0) is 6.42 Å². The van der Waals surface area contributed by atoms with Gasteiger partial charge in [-0.25, -0.2) is 9.18 Å². The number of rotatable bonds is 3.